The first-order valence-electron chi connectivity index (χ1n) is 9.10. The van der Waals surface area contributed by atoms with Crippen LogP contribution in [0, 0.1) is 34.0 Å². The Kier molecular flexibility index (Phi) is 3.74. The van der Waals surface area contributed by atoms with Gasteiger partial charge in [-0.1, -0.05) is 12.7 Å². The summed E-state index contributed by atoms with van der Waals surface area (Å²) in [5.41, 5.74) is -1.39. The Morgan fingerprint density at radius 1 is 1.44 bits per heavy atom. The second-order valence-electron chi connectivity index (χ2n) is 8.39. The van der Waals surface area contributed by atoms with Gasteiger partial charge in [0.05, 0.1) is 11.5 Å². The first kappa shape index (κ1) is 17.8. The fourth-order valence-electron chi connectivity index (χ4n) is 4.92. The normalized spacial score (nSPS) is 42.1. The van der Waals surface area contributed by atoms with Crippen molar-refractivity contribution in [1.82, 2.24) is 0 Å². The van der Waals surface area contributed by atoms with Gasteiger partial charge in [-0.25, -0.2) is 4.79 Å². The number of carbonyl (C=O) groups is 3. The number of hydrogen-bond acceptors (Lipinski definition) is 7. The van der Waals surface area contributed by atoms with E-state index in [4.69, 9.17) is 14.2 Å². The average molecular weight is 371 g/mol. The summed E-state index contributed by atoms with van der Waals surface area (Å²) in [5, 5.41) is 9.42. The Hall–Kier alpha value is -2.62. The van der Waals surface area contributed by atoms with Crippen molar-refractivity contribution in [3.8, 4) is 6.07 Å². The summed E-state index contributed by atoms with van der Waals surface area (Å²) in [6, 6.07) is 2.13. The van der Waals surface area contributed by atoms with Crippen LogP contribution in [0.2, 0.25) is 0 Å². The third-order valence-corrected chi connectivity index (χ3v) is 6.51. The molecular weight excluding hydrogens is 350 g/mol. The Balaban J connectivity index is 1.42. The summed E-state index contributed by atoms with van der Waals surface area (Å²) in [5.74, 6) is -1.12. The largest absolute Gasteiger partial charge is 0.457 e. The van der Waals surface area contributed by atoms with Gasteiger partial charge in [0.15, 0.2) is 5.41 Å². The minimum Gasteiger partial charge on any atom is -0.457 e. The molecule has 2 bridgehead atoms. The molecule has 7 nitrogen and oxygen atoms in total. The minimum atomic E-state index is -1.05. The number of hydrogen-bond donors (Lipinski definition) is 0. The molecule has 0 spiro atoms. The molecule has 7 heteroatoms. The Morgan fingerprint density at radius 2 is 2.19 bits per heavy atom. The van der Waals surface area contributed by atoms with Crippen LogP contribution >= 0.6 is 0 Å². The number of cyclic esters (lactones) is 1. The molecule has 6 atom stereocenters. The quantitative estimate of drug-likeness (QED) is 0.424. The van der Waals surface area contributed by atoms with Crippen LogP contribution in [-0.2, 0) is 28.6 Å². The van der Waals surface area contributed by atoms with Gasteiger partial charge in [-0.15, -0.1) is 0 Å². The zero-order valence-electron chi connectivity index (χ0n) is 15.3. The van der Waals surface area contributed by atoms with Crippen molar-refractivity contribution in [2.45, 2.75) is 51.7 Å². The van der Waals surface area contributed by atoms with Gasteiger partial charge in [0.1, 0.15) is 18.0 Å². The molecule has 0 aromatic rings. The molecule has 4 rings (SSSR count). The number of ether oxygens (including phenoxy) is 3. The van der Waals surface area contributed by atoms with Gasteiger partial charge in [0.25, 0.3) is 0 Å². The van der Waals surface area contributed by atoms with Crippen LogP contribution in [0.4, 0.5) is 0 Å². The van der Waals surface area contributed by atoms with Crippen molar-refractivity contribution in [3.05, 3.63) is 24.0 Å². The van der Waals surface area contributed by atoms with Crippen molar-refractivity contribution in [2.24, 2.45) is 22.7 Å². The maximum atomic E-state index is 12.5. The van der Waals surface area contributed by atoms with Gasteiger partial charge < -0.3 is 14.2 Å². The zero-order valence-corrected chi connectivity index (χ0v) is 15.3. The number of carbonyl (C=O) groups excluding carboxylic acids is 3. The van der Waals surface area contributed by atoms with Crippen LogP contribution in [0.5, 0.6) is 0 Å². The first-order valence-corrected chi connectivity index (χ1v) is 9.10. The molecule has 2 heterocycles. The number of rotatable bonds is 4. The van der Waals surface area contributed by atoms with Crippen molar-refractivity contribution < 1.29 is 28.6 Å². The highest BCUT2D eigenvalue weighted by atomic mass is 16.6. The molecule has 4 fully saturated rings. The smallest absolute Gasteiger partial charge is 0.333 e. The summed E-state index contributed by atoms with van der Waals surface area (Å²) < 4.78 is 16.0. The third-order valence-electron chi connectivity index (χ3n) is 6.51. The van der Waals surface area contributed by atoms with Crippen LogP contribution in [0.15, 0.2) is 24.0 Å². The van der Waals surface area contributed by atoms with E-state index in [-0.39, 0.29) is 17.8 Å². The maximum Gasteiger partial charge on any atom is 0.333 e. The predicted octanol–water partition coefficient (Wildman–Crippen LogP) is 2.18. The summed E-state index contributed by atoms with van der Waals surface area (Å²) in [6.07, 6.45) is 2.45. The van der Waals surface area contributed by atoms with E-state index in [1.165, 1.54) is 0 Å². The standard InChI is InChI=1S/C20H21NO6/c1-10(4-5-19(3)7-11(2)25-17(19)23)16(22)26-14-12-6-13-15(14)27-18(24)20(13,8-12)9-21/h4,12-15H,2,5-8H2,1,3H3/b10-4-. The Bertz CT molecular complexity index is 838. The van der Waals surface area contributed by atoms with Gasteiger partial charge in [0.2, 0.25) is 0 Å². The van der Waals surface area contributed by atoms with Gasteiger partial charge in [-0.2, -0.15) is 5.26 Å². The molecule has 0 radical (unpaired) electrons. The van der Waals surface area contributed by atoms with E-state index in [2.05, 4.69) is 12.6 Å². The summed E-state index contributed by atoms with van der Waals surface area (Å²) in [6.45, 7) is 7.08. The van der Waals surface area contributed by atoms with Crippen LogP contribution < -0.4 is 0 Å². The van der Waals surface area contributed by atoms with E-state index >= 15 is 0 Å². The van der Waals surface area contributed by atoms with Crippen LogP contribution in [-0.4, -0.2) is 30.1 Å². The minimum absolute atomic E-state index is 0.0338. The van der Waals surface area contributed by atoms with E-state index < -0.39 is 35.0 Å². The lowest BCUT2D eigenvalue weighted by atomic mass is 9.74. The molecular formula is C20H21NO6. The van der Waals surface area contributed by atoms with Gasteiger partial charge in [-0.3, -0.25) is 9.59 Å². The lowest BCUT2D eigenvalue weighted by Gasteiger charge is -2.27. The van der Waals surface area contributed by atoms with Crippen molar-refractivity contribution in [3.63, 3.8) is 0 Å². The van der Waals surface area contributed by atoms with Crippen LogP contribution in [0.25, 0.3) is 0 Å². The molecule has 4 aliphatic rings. The van der Waals surface area contributed by atoms with Gasteiger partial charge in [-0.05, 0) is 33.1 Å². The molecule has 2 saturated carbocycles. The van der Waals surface area contributed by atoms with Gasteiger partial charge >= 0.3 is 17.9 Å². The van der Waals surface area contributed by atoms with E-state index in [0.717, 1.165) is 0 Å². The Labute approximate surface area is 156 Å². The highest BCUT2D eigenvalue weighted by Gasteiger charge is 2.72. The fraction of sp³-hybridized carbons (Fsp3) is 0.600. The summed E-state index contributed by atoms with van der Waals surface area (Å²) in [7, 11) is 0. The highest BCUT2D eigenvalue weighted by Crippen LogP contribution is 2.62. The topological polar surface area (TPSA) is 103 Å². The van der Waals surface area contributed by atoms with E-state index in [0.29, 0.717) is 37.0 Å². The molecule has 27 heavy (non-hydrogen) atoms. The predicted molar refractivity (Wildman–Crippen MR) is 90.4 cm³/mol. The molecule has 2 aliphatic carbocycles. The second kappa shape index (κ2) is 5.69. The molecule has 2 aliphatic heterocycles. The highest BCUT2D eigenvalue weighted by molar-refractivity contribution is 5.89. The van der Waals surface area contributed by atoms with Crippen molar-refractivity contribution in [2.75, 3.05) is 0 Å². The fourth-order valence-corrected chi connectivity index (χ4v) is 4.92. The van der Waals surface area contributed by atoms with Crippen LogP contribution in [0.1, 0.15) is 39.5 Å². The van der Waals surface area contributed by atoms with Gasteiger partial charge in [0, 0.05) is 23.8 Å². The van der Waals surface area contributed by atoms with E-state index in [9.17, 15) is 19.6 Å². The number of allylic oxidation sites excluding steroid dienone is 2. The zero-order chi connectivity index (χ0) is 19.6. The lowest BCUT2D eigenvalue weighted by Crippen LogP contribution is -2.39. The number of nitriles is 1. The molecule has 0 amide bonds. The second-order valence-corrected chi connectivity index (χ2v) is 8.39. The number of esters is 3. The van der Waals surface area contributed by atoms with Crippen molar-refractivity contribution >= 4 is 17.9 Å². The molecule has 6 unspecified atom stereocenters. The SMILES string of the molecule is C=C1CC(C)(C/C=C(/C)C(=O)OC2C3CC4C2OC(=O)C4(C#N)C3)C(=O)O1. The molecule has 142 valence electrons. The Morgan fingerprint density at radius 3 is 2.81 bits per heavy atom. The molecule has 2 saturated heterocycles. The molecule has 0 aromatic heterocycles. The third kappa shape index (κ3) is 2.43. The summed E-state index contributed by atoms with van der Waals surface area (Å²) >= 11 is 0. The number of fused-ring (bicyclic) bond motifs is 1. The van der Waals surface area contributed by atoms with E-state index in [1.54, 1.807) is 19.9 Å². The van der Waals surface area contributed by atoms with E-state index in [1.807, 2.05) is 0 Å². The monoisotopic (exact) mass is 371 g/mol. The number of nitrogens with zero attached hydrogens (tertiary/aromatic N) is 1. The first-order chi connectivity index (χ1) is 12.7. The maximum absolute atomic E-state index is 12.5. The van der Waals surface area contributed by atoms with Crippen molar-refractivity contribution in [1.29, 1.82) is 5.26 Å². The summed E-state index contributed by atoms with van der Waals surface area (Å²) in [4.78, 5) is 36.5. The molecule has 0 N–H and O–H groups in total. The lowest BCUT2D eigenvalue weighted by molar-refractivity contribution is -0.158. The van der Waals surface area contributed by atoms with Crippen LogP contribution in [0.3, 0.4) is 0 Å². The molecule has 0 aromatic carbocycles. The average Bonchev–Trinajstić information content (AvgIpc) is 3.27.